The number of halogens is 1. The van der Waals surface area contributed by atoms with E-state index in [9.17, 15) is 9.90 Å². The predicted molar refractivity (Wildman–Crippen MR) is 90.6 cm³/mol. The summed E-state index contributed by atoms with van der Waals surface area (Å²) in [5.41, 5.74) is 9.05. The number of hydrazine groups is 1. The second-order valence-corrected chi connectivity index (χ2v) is 6.81. The zero-order valence-corrected chi connectivity index (χ0v) is 13.6. The zero-order valence-electron chi connectivity index (χ0n) is 12.0. The molecule has 3 rings (SSSR count). The van der Waals surface area contributed by atoms with Gasteiger partial charge in [-0.25, -0.2) is 16.3 Å². The van der Waals surface area contributed by atoms with Gasteiger partial charge >= 0.3 is 0 Å². The number of nitrogens with zero attached hydrogens (tertiary/aromatic N) is 1. The van der Waals surface area contributed by atoms with Gasteiger partial charge in [0, 0.05) is 10.4 Å². The molecule has 1 aliphatic heterocycles. The molecule has 0 aliphatic carbocycles. The van der Waals surface area contributed by atoms with Crippen LogP contribution in [0.15, 0.2) is 41.5 Å². The molecule has 4 N–H and O–H groups in total. The molecule has 1 amide bonds. The number of phenols is 1. The standard InChI is InChI=1S/C15H15ClN4O2S/c16-14-6-5-13(23-14)10-7-11(19-18-10)15(22)20-17-8-9-3-1-2-4-12(9)21/h1-6,8,10-11,18-19,21H,7H2,(H,20,22)/b17-8+. The average Bonchev–Trinajstić information content (AvgIpc) is 3.18. The lowest BCUT2D eigenvalue weighted by Gasteiger charge is -2.06. The van der Waals surface area contributed by atoms with Crippen molar-refractivity contribution in [1.82, 2.24) is 16.3 Å². The third-order valence-corrected chi connectivity index (χ3v) is 4.82. The Morgan fingerprint density at radius 3 is 2.91 bits per heavy atom. The van der Waals surface area contributed by atoms with Crippen molar-refractivity contribution in [3.8, 4) is 5.75 Å². The minimum absolute atomic E-state index is 0.0467. The van der Waals surface area contributed by atoms with Gasteiger partial charge in [0.15, 0.2) is 0 Å². The summed E-state index contributed by atoms with van der Waals surface area (Å²) >= 11 is 7.42. The van der Waals surface area contributed by atoms with E-state index in [1.807, 2.05) is 12.1 Å². The highest BCUT2D eigenvalue weighted by atomic mass is 35.5. The van der Waals surface area contributed by atoms with Crippen LogP contribution in [0.2, 0.25) is 4.34 Å². The monoisotopic (exact) mass is 350 g/mol. The van der Waals surface area contributed by atoms with Crippen LogP contribution in [0.5, 0.6) is 5.75 Å². The summed E-state index contributed by atoms with van der Waals surface area (Å²) in [5, 5.41) is 13.5. The number of hydrazone groups is 1. The van der Waals surface area contributed by atoms with Crippen LogP contribution in [0.25, 0.3) is 0 Å². The van der Waals surface area contributed by atoms with Gasteiger partial charge in [-0.05, 0) is 30.7 Å². The molecule has 0 spiro atoms. The highest BCUT2D eigenvalue weighted by Crippen LogP contribution is 2.31. The molecule has 1 fully saturated rings. The highest BCUT2D eigenvalue weighted by molar-refractivity contribution is 7.16. The predicted octanol–water partition coefficient (Wildman–Crippen LogP) is 2.17. The van der Waals surface area contributed by atoms with Crippen LogP contribution in [-0.2, 0) is 4.79 Å². The maximum atomic E-state index is 12.1. The van der Waals surface area contributed by atoms with E-state index in [4.69, 9.17) is 11.6 Å². The molecule has 1 aliphatic rings. The fourth-order valence-corrected chi connectivity index (χ4v) is 3.40. The van der Waals surface area contributed by atoms with Crippen molar-refractivity contribution in [2.75, 3.05) is 0 Å². The molecule has 2 aromatic rings. The van der Waals surface area contributed by atoms with E-state index in [0.29, 0.717) is 12.0 Å². The number of carbonyl (C=O) groups is 1. The Balaban J connectivity index is 1.54. The zero-order chi connectivity index (χ0) is 16.2. The Morgan fingerprint density at radius 1 is 1.35 bits per heavy atom. The SMILES string of the molecule is O=C(N/N=C/c1ccccc1O)C1CC(c2ccc(Cl)s2)NN1. The number of rotatable bonds is 4. The topological polar surface area (TPSA) is 85.8 Å². The normalized spacial score (nSPS) is 20.9. The lowest BCUT2D eigenvalue weighted by Crippen LogP contribution is -2.41. The van der Waals surface area contributed by atoms with Crippen LogP contribution in [0.3, 0.4) is 0 Å². The fraction of sp³-hybridized carbons (Fsp3) is 0.200. The average molecular weight is 351 g/mol. The number of hydrogen-bond donors (Lipinski definition) is 4. The highest BCUT2D eigenvalue weighted by Gasteiger charge is 2.30. The van der Waals surface area contributed by atoms with Gasteiger partial charge in [0.25, 0.3) is 5.91 Å². The Bertz CT molecular complexity index is 734. The van der Waals surface area contributed by atoms with Crippen molar-refractivity contribution in [2.45, 2.75) is 18.5 Å². The maximum Gasteiger partial charge on any atom is 0.258 e. The first-order chi connectivity index (χ1) is 11.1. The summed E-state index contributed by atoms with van der Waals surface area (Å²) in [6.45, 7) is 0. The molecule has 6 nitrogen and oxygen atoms in total. The molecule has 1 aromatic carbocycles. The molecule has 23 heavy (non-hydrogen) atoms. The van der Waals surface area contributed by atoms with Gasteiger partial charge in [-0.1, -0.05) is 23.7 Å². The number of benzene rings is 1. The Kier molecular flexibility index (Phi) is 4.92. The van der Waals surface area contributed by atoms with Crippen LogP contribution in [0.1, 0.15) is 22.9 Å². The lowest BCUT2D eigenvalue weighted by molar-refractivity contribution is -0.122. The number of thiophene rings is 1. The van der Waals surface area contributed by atoms with Crippen molar-refractivity contribution >= 4 is 35.1 Å². The number of para-hydroxylation sites is 1. The van der Waals surface area contributed by atoms with Gasteiger partial charge in [-0.3, -0.25) is 4.79 Å². The van der Waals surface area contributed by atoms with Crippen molar-refractivity contribution in [2.24, 2.45) is 5.10 Å². The molecule has 2 unspecified atom stereocenters. The van der Waals surface area contributed by atoms with Crippen molar-refractivity contribution in [1.29, 1.82) is 0 Å². The first-order valence-corrected chi connectivity index (χ1v) is 8.20. The molecule has 1 saturated heterocycles. The second kappa shape index (κ2) is 7.10. The minimum Gasteiger partial charge on any atom is -0.507 e. The van der Waals surface area contributed by atoms with E-state index in [0.717, 1.165) is 9.21 Å². The molecule has 0 saturated carbocycles. The summed E-state index contributed by atoms with van der Waals surface area (Å²) in [7, 11) is 0. The van der Waals surface area contributed by atoms with Crippen LogP contribution in [0.4, 0.5) is 0 Å². The van der Waals surface area contributed by atoms with E-state index in [1.54, 1.807) is 24.3 Å². The molecule has 2 heterocycles. The number of carbonyl (C=O) groups excluding carboxylic acids is 1. The third-order valence-electron chi connectivity index (χ3n) is 3.47. The van der Waals surface area contributed by atoms with E-state index in [2.05, 4.69) is 21.4 Å². The summed E-state index contributed by atoms with van der Waals surface area (Å²) in [6, 6.07) is 10.2. The van der Waals surface area contributed by atoms with Crippen molar-refractivity contribution in [3.05, 3.63) is 51.2 Å². The fourth-order valence-electron chi connectivity index (χ4n) is 2.27. The van der Waals surface area contributed by atoms with E-state index in [1.165, 1.54) is 17.6 Å². The van der Waals surface area contributed by atoms with Gasteiger partial charge in [0.05, 0.1) is 16.6 Å². The maximum absolute atomic E-state index is 12.1. The second-order valence-electron chi connectivity index (χ2n) is 5.06. The molecule has 0 radical (unpaired) electrons. The molecule has 0 bridgehead atoms. The molecule has 2 atom stereocenters. The Labute approximate surface area is 142 Å². The van der Waals surface area contributed by atoms with Gasteiger partial charge in [-0.2, -0.15) is 5.10 Å². The first-order valence-electron chi connectivity index (χ1n) is 7.00. The van der Waals surface area contributed by atoms with Crippen LogP contribution < -0.4 is 16.3 Å². The van der Waals surface area contributed by atoms with Crippen LogP contribution >= 0.6 is 22.9 Å². The van der Waals surface area contributed by atoms with Crippen LogP contribution in [0, 0.1) is 0 Å². The summed E-state index contributed by atoms with van der Waals surface area (Å²) < 4.78 is 0.724. The van der Waals surface area contributed by atoms with E-state index < -0.39 is 0 Å². The molecular weight excluding hydrogens is 336 g/mol. The molecule has 120 valence electrons. The Hall–Kier alpha value is -1.93. The van der Waals surface area contributed by atoms with Crippen LogP contribution in [-0.4, -0.2) is 23.3 Å². The summed E-state index contributed by atoms with van der Waals surface area (Å²) in [4.78, 5) is 13.2. The Morgan fingerprint density at radius 2 is 2.17 bits per heavy atom. The van der Waals surface area contributed by atoms with E-state index >= 15 is 0 Å². The minimum atomic E-state index is -0.387. The first kappa shape index (κ1) is 15.9. The molecule has 8 heteroatoms. The van der Waals surface area contributed by atoms with Gasteiger partial charge in [-0.15, -0.1) is 11.3 Å². The summed E-state index contributed by atoms with van der Waals surface area (Å²) in [6.07, 6.45) is 2.01. The molecular formula is C15H15ClN4O2S. The third kappa shape index (κ3) is 3.89. The number of aromatic hydroxyl groups is 1. The lowest BCUT2D eigenvalue weighted by atomic mass is 10.1. The smallest absolute Gasteiger partial charge is 0.258 e. The number of phenolic OH excluding ortho intramolecular Hbond substituents is 1. The number of amides is 1. The van der Waals surface area contributed by atoms with E-state index in [-0.39, 0.29) is 23.7 Å². The van der Waals surface area contributed by atoms with Crippen molar-refractivity contribution in [3.63, 3.8) is 0 Å². The van der Waals surface area contributed by atoms with Gasteiger partial charge < -0.3 is 5.11 Å². The van der Waals surface area contributed by atoms with Gasteiger partial charge in [0.2, 0.25) is 0 Å². The van der Waals surface area contributed by atoms with Crippen molar-refractivity contribution < 1.29 is 9.90 Å². The number of nitrogens with one attached hydrogen (secondary N) is 3. The largest absolute Gasteiger partial charge is 0.507 e. The quantitative estimate of drug-likeness (QED) is 0.503. The molecule has 1 aromatic heterocycles. The van der Waals surface area contributed by atoms with Gasteiger partial charge in [0.1, 0.15) is 11.8 Å². The number of hydrogen-bond acceptors (Lipinski definition) is 6. The summed E-state index contributed by atoms with van der Waals surface area (Å²) in [5.74, 6) is -0.130.